The van der Waals surface area contributed by atoms with E-state index in [2.05, 4.69) is 5.32 Å². The molecule has 0 radical (unpaired) electrons. The van der Waals surface area contributed by atoms with E-state index in [1.807, 2.05) is 0 Å². The summed E-state index contributed by atoms with van der Waals surface area (Å²) in [6.07, 6.45) is 0. The maximum absolute atomic E-state index is 13.5. The zero-order chi connectivity index (χ0) is 15.4. The molecule has 2 aromatic carbocycles. The number of nitrogens with one attached hydrogen (secondary N) is 1. The third-order valence-electron chi connectivity index (χ3n) is 2.75. The summed E-state index contributed by atoms with van der Waals surface area (Å²) in [6.45, 7) is 2.29. The molecule has 2 aromatic rings. The number of carbonyl (C=O) groups is 1. The molecule has 6 heteroatoms. The van der Waals surface area contributed by atoms with Gasteiger partial charge in [0.2, 0.25) is 5.82 Å². The molecule has 0 aliphatic carbocycles. The topological polar surface area (TPSA) is 64.3 Å². The third-order valence-corrected chi connectivity index (χ3v) is 2.75. The molecular weight excluding hydrogens is 278 g/mol. The quantitative estimate of drug-likeness (QED) is 0.851. The minimum atomic E-state index is -1.09. The lowest BCUT2D eigenvalue weighted by atomic mass is 10.1. The molecule has 0 saturated carbocycles. The van der Waals surface area contributed by atoms with Gasteiger partial charge in [0.25, 0.3) is 5.91 Å². The summed E-state index contributed by atoms with van der Waals surface area (Å²) in [4.78, 5) is 11.6. The molecule has 4 nitrogen and oxygen atoms in total. The first kappa shape index (κ1) is 14.8. The molecule has 21 heavy (non-hydrogen) atoms. The molecule has 0 fully saturated rings. The highest BCUT2D eigenvalue weighted by Gasteiger charge is 2.13. The number of hydrogen-bond donors (Lipinski definition) is 2. The Balaban J connectivity index is 2.25. The van der Waals surface area contributed by atoms with Crippen LogP contribution in [0.4, 0.5) is 14.5 Å². The van der Waals surface area contributed by atoms with Crippen LogP contribution in [0.25, 0.3) is 0 Å². The Labute approximate surface area is 120 Å². The van der Waals surface area contributed by atoms with Gasteiger partial charge in [-0.15, -0.1) is 0 Å². The van der Waals surface area contributed by atoms with Gasteiger partial charge in [-0.25, -0.2) is 4.39 Å². The van der Waals surface area contributed by atoms with Gasteiger partial charge < -0.3 is 15.8 Å². The smallest absolute Gasteiger partial charge is 0.251 e. The van der Waals surface area contributed by atoms with Crippen molar-refractivity contribution in [2.75, 3.05) is 12.3 Å². The summed E-state index contributed by atoms with van der Waals surface area (Å²) in [5.41, 5.74) is 6.29. The Kier molecular flexibility index (Phi) is 4.37. The molecule has 0 spiro atoms. The van der Waals surface area contributed by atoms with Crippen LogP contribution in [0.2, 0.25) is 0 Å². The highest BCUT2D eigenvalue weighted by molar-refractivity contribution is 5.95. The van der Waals surface area contributed by atoms with E-state index in [0.29, 0.717) is 12.1 Å². The van der Waals surface area contributed by atoms with Crippen molar-refractivity contribution in [2.24, 2.45) is 0 Å². The molecule has 0 aromatic heterocycles. The van der Waals surface area contributed by atoms with Crippen LogP contribution in [0.15, 0.2) is 36.4 Å². The van der Waals surface area contributed by atoms with Crippen LogP contribution in [0, 0.1) is 11.6 Å². The number of benzene rings is 2. The molecule has 0 heterocycles. The van der Waals surface area contributed by atoms with E-state index in [1.165, 1.54) is 30.3 Å². The highest BCUT2D eigenvalue weighted by Crippen LogP contribution is 2.30. The van der Waals surface area contributed by atoms with Gasteiger partial charge in [-0.1, -0.05) is 6.07 Å². The maximum Gasteiger partial charge on any atom is 0.251 e. The van der Waals surface area contributed by atoms with Crippen molar-refractivity contribution in [2.45, 2.75) is 6.92 Å². The lowest BCUT2D eigenvalue weighted by molar-refractivity contribution is 0.0956. The number of nitrogens with two attached hydrogens (primary N) is 1. The van der Waals surface area contributed by atoms with Crippen molar-refractivity contribution in [3.05, 3.63) is 53.6 Å². The summed E-state index contributed by atoms with van der Waals surface area (Å²) in [5, 5.41) is 2.63. The van der Waals surface area contributed by atoms with Gasteiger partial charge in [0.15, 0.2) is 17.3 Å². The summed E-state index contributed by atoms with van der Waals surface area (Å²) in [5.74, 6) is -2.50. The molecule has 0 aliphatic heterocycles. The van der Waals surface area contributed by atoms with Crippen LogP contribution in [0.3, 0.4) is 0 Å². The second-order valence-corrected chi connectivity index (χ2v) is 4.27. The van der Waals surface area contributed by atoms with Gasteiger partial charge in [-0.05, 0) is 37.3 Å². The second-order valence-electron chi connectivity index (χ2n) is 4.27. The summed E-state index contributed by atoms with van der Waals surface area (Å²) in [7, 11) is 0. The molecule has 1 amide bonds. The minimum absolute atomic E-state index is 0.146. The van der Waals surface area contributed by atoms with Gasteiger partial charge in [-0.2, -0.15) is 4.39 Å². The number of ether oxygens (including phenoxy) is 1. The fourth-order valence-electron chi connectivity index (χ4n) is 1.73. The van der Waals surface area contributed by atoms with Crippen molar-refractivity contribution in [1.82, 2.24) is 5.32 Å². The molecule has 3 N–H and O–H groups in total. The maximum atomic E-state index is 13.5. The predicted octanol–water partition coefficient (Wildman–Crippen LogP) is 3.09. The van der Waals surface area contributed by atoms with E-state index in [9.17, 15) is 13.6 Å². The first-order chi connectivity index (χ1) is 10.0. The third kappa shape index (κ3) is 3.28. The molecule has 0 aliphatic rings. The standard InChI is InChI=1S/C15H14F2N2O2/c1-2-19-15(20)9-6-7-12(11(18)8-9)21-13-5-3-4-10(16)14(13)17/h3-8H,2,18H2,1H3,(H,19,20). The molecule has 0 saturated heterocycles. The van der Waals surface area contributed by atoms with Crippen LogP contribution in [0.1, 0.15) is 17.3 Å². The van der Waals surface area contributed by atoms with Crippen molar-refractivity contribution < 1.29 is 18.3 Å². The average Bonchev–Trinajstić information content (AvgIpc) is 2.46. The van der Waals surface area contributed by atoms with Crippen LogP contribution < -0.4 is 15.8 Å². The van der Waals surface area contributed by atoms with Crippen LogP contribution in [-0.4, -0.2) is 12.5 Å². The molecule has 0 bridgehead atoms. The number of anilines is 1. The van der Waals surface area contributed by atoms with Crippen LogP contribution in [0.5, 0.6) is 11.5 Å². The number of carbonyl (C=O) groups excluding carboxylic acids is 1. The van der Waals surface area contributed by atoms with E-state index < -0.39 is 11.6 Å². The van der Waals surface area contributed by atoms with Gasteiger partial charge in [-0.3, -0.25) is 4.79 Å². The summed E-state index contributed by atoms with van der Waals surface area (Å²) in [6, 6.07) is 7.95. The SMILES string of the molecule is CCNC(=O)c1ccc(Oc2cccc(F)c2F)c(N)c1. The van der Waals surface area contributed by atoms with E-state index in [-0.39, 0.29) is 23.1 Å². The van der Waals surface area contributed by atoms with E-state index in [0.717, 1.165) is 6.07 Å². The van der Waals surface area contributed by atoms with Crippen molar-refractivity contribution in [3.8, 4) is 11.5 Å². The fraction of sp³-hybridized carbons (Fsp3) is 0.133. The number of amides is 1. The number of hydrogen-bond acceptors (Lipinski definition) is 3. The Morgan fingerprint density at radius 2 is 2.00 bits per heavy atom. The monoisotopic (exact) mass is 292 g/mol. The predicted molar refractivity (Wildman–Crippen MR) is 75.3 cm³/mol. The first-order valence-corrected chi connectivity index (χ1v) is 6.32. The Morgan fingerprint density at radius 3 is 2.67 bits per heavy atom. The minimum Gasteiger partial charge on any atom is -0.452 e. The van der Waals surface area contributed by atoms with Crippen molar-refractivity contribution in [3.63, 3.8) is 0 Å². The van der Waals surface area contributed by atoms with Crippen molar-refractivity contribution >= 4 is 11.6 Å². The van der Waals surface area contributed by atoms with Crippen molar-refractivity contribution in [1.29, 1.82) is 0 Å². The lowest BCUT2D eigenvalue weighted by Gasteiger charge is -2.11. The van der Waals surface area contributed by atoms with Gasteiger partial charge >= 0.3 is 0 Å². The zero-order valence-corrected chi connectivity index (χ0v) is 11.3. The number of nitrogen functional groups attached to an aromatic ring is 1. The molecule has 0 atom stereocenters. The molecule has 0 unspecified atom stereocenters. The normalized spacial score (nSPS) is 10.2. The van der Waals surface area contributed by atoms with Gasteiger partial charge in [0.1, 0.15) is 0 Å². The Bertz CT molecular complexity index is 675. The van der Waals surface area contributed by atoms with Gasteiger partial charge in [0, 0.05) is 12.1 Å². The van der Waals surface area contributed by atoms with Crippen LogP contribution >= 0.6 is 0 Å². The van der Waals surface area contributed by atoms with Crippen LogP contribution in [-0.2, 0) is 0 Å². The highest BCUT2D eigenvalue weighted by atomic mass is 19.2. The zero-order valence-electron chi connectivity index (χ0n) is 11.3. The Morgan fingerprint density at radius 1 is 1.24 bits per heavy atom. The molecule has 2 rings (SSSR count). The number of halogens is 2. The van der Waals surface area contributed by atoms with E-state index in [4.69, 9.17) is 10.5 Å². The molecular formula is C15H14F2N2O2. The Hall–Kier alpha value is -2.63. The summed E-state index contributed by atoms with van der Waals surface area (Å²) >= 11 is 0. The molecule has 110 valence electrons. The first-order valence-electron chi connectivity index (χ1n) is 6.32. The lowest BCUT2D eigenvalue weighted by Crippen LogP contribution is -2.22. The largest absolute Gasteiger partial charge is 0.452 e. The number of rotatable bonds is 4. The fourth-order valence-corrected chi connectivity index (χ4v) is 1.73. The summed E-state index contributed by atoms with van der Waals surface area (Å²) < 4.78 is 31.9. The second kappa shape index (κ2) is 6.21. The van der Waals surface area contributed by atoms with E-state index >= 15 is 0 Å². The van der Waals surface area contributed by atoms with E-state index in [1.54, 1.807) is 6.92 Å². The average molecular weight is 292 g/mol. The van der Waals surface area contributed by atoms with Gasteiger partial charge in [0.05, 0.1) is 5.69 Å².